The molecule has 0 N–H and O–H groups in total. The monoisotopic (exact) mass is 328 g/mol. The molecule has 0 fully saturated rings. The highest BCUT2D eigenvalue weighted by Crippen LogP contribution is 2.38. The largest absolute Gasteiger partial charge is 0.299 e. The van der Waals surface area contributed by atoms with Crippen LogP contribution in [0.1, 0.15) is 6.42 Å². The summed E-state index contributed by atoms with van der Waals surface area (Å²) >= 11 is 0.384. The normalized spacial score (nSPS) is 12.3. The van der Waals surface area contributed by atoms with Crippen molar-refractivity contribution in [1.29, 1.82) is 0 Å². The van der Waals surface area contributed by atoms with E-state index >= 15 is 0 Å². The van der Waals surface area contributed by atoms with Crippen LogP contribution in [0.25, 0.3) is 0 Å². The molecule has 0 heterocycles. The molecular weight excluding hydrogens is 314 g/mol. The van der Waals surface area contributed by atoms with Crippen LogP contribution in [0.15, 0.2) is 70.5 Å². The maximum atomic E-state index is 13.9. The Hall–Kier alpha value is -1.40. The SMILES string of the molecule is O=S(=O)(CCC(F)(F)Sc1ccccc1)c1ccccc1. The molecule has 2 nitrogen and oxygen atoms in total. The summed E-state index contributed by atoms with van der Waals surface area (Å²) in [5.74, 6) is -0.580. The van der Waals surface area contributed by atoms with Crippen LogP contribution >= 0.6 is 11.8 Å². The first kappa shape index (κ1) is 16.0. The summed E-state index contributed by atoms with van der Waals surface area (Å²) in [5.41, 5.74) is 0. The molecule has 0 amide bonds. The average Bonchev–Trinajstić information content (AvgIpc) is 2.47. The van der Waals surface area contributed by atoms with Crippen molar-refractivity contribution in [2.24, 2.45) is 0 Å². The van der Waals surface area contributed by atoms with Gasteiger partial charge in [-0.05, 0) is 24.3 Å². The maximum absolute atomic E-state index is 13.9. The van der Waals surface area contributed by atoms with E-state index in [0.717, 1.165) is 0 Å². The number of halogens is 2. The summed E-state index contributed by atoms with van der Waals surface area (Å²) in [7, 11) is -3.68. The minimum Gasteiger partial charge on any atom is -0.224 e. The van der Waals surface area contributed by atoms with Crippen molar-refractivity contribution in [3.05, 3.63) is 60.7 Å². The molecule has 2 aromatic rings. The van der Waals surface area contributed by atoms with Crippen molar-refractivity contribution in [3.63, 3.8) is 0 Å². The lowest BCUT2D eigenvalue weighted by Gasteiger charge is -2.15. The summed E-state index contributed by atoms with van der Waals surface area (Å²) in [6.07, 6.45) is -0.718. The molecule has 0 aliphatic carbocycles. The fourth-order valence-electron chi connectivity index (χ4n) is 1.71. The molecule has 2 rings (SSSR count). The lowest BCUT2D eigenvalue weighted by molar-refractivity contribution is 0.102. The van der Waals surface area contributed by atoms with Gasteiger partial charge in [-0.2, -0.15) is 8.78 Å². The Balaban J connectivity index is 2.01. The molecule has 2 aromatic carbocycles. The summed E-state index contributed by atoms with van der Waals surface area (Å²) in [6.45, 7) is 0. The molecule has 0 radical (unpaired) electrons. The zero-order valence-electron chi connectivity index (χ0n) is 11.1. The topological polar surface area (TPSA) is 34.1 Å². The van der Waals surface area contributed by atoms with Crippen LogP contribution in [0.4, 0.5) is 8.78 Å². The lowest BCUT2D eigenvalue weighted by Crippen LogP contribution is -2.17. The number of rotatable bonds is 6. The van der Waals surface area contributed by atoms with Gasteiger partial charge in [-0.1, -0.05) is 48.2 Å². The van der Waals surface area contributed by atoms with Gasteiger partial charge in [-0.3, -0.25) is 0 Å². The van der Waals surface area contributed by atoms with Crippen molar-refractivity contribution >= 4 is 21.6 Å². The van der Waals surface area contributed by atoms with Crippen LogP contribution in [0.3, 0.4) is 0 Å². The lowest BCUT2D eigenvalue weighted by atomic mass is 10.4. The third-order valence-corrected chi connectivity index (χ3v) is 5.52. The minimum atomic E-state index is -3.68. The van der Waals surface area contributed by atoms with Gasteiger partial charge in [-0.15, -0.1) is 0 Å². The van der Waals surface area contributed by atoms with Crippen LogP contribution in [-0.4, -0.2) is 19.4 Å². The predicted molar refractivity (Wildman–Crippen MR) is 80.4 cm³/mol. The van der Waals surface area contributed by atoms with Crippen molar-refractivity contribution < 1.29 is 17.2 Å². The zero-order chi connectivity index (χ0) is 15.3. The number of hydrogen-bond acceptors (Lipinski definition) is 3. The highest BCUT2D eigenvalue weighted by atomic mass is 32.2. The van der Waals surface area contributed by atoms with Gasteiger partial charge < -0.3 is 0 Å². The van der Waals surface area contributed by atoms with E-state index in [9.17, 15) is 17.2 Å². The molecular formula is C15H14F2O2S2. The fraction of sp³-hybridized carbons (Fsp3) is 0.200. The second kappa shape index (κ2) is 6.58. The first-order chi connectivity index (χ1) is 9.89. The molecule has 0 saturated carbocycles. The van der Waals surface area contributed by atoms with Crippen LogP contribution < -0.4 is 0 Å². The zero-order valence-corrected chi connectivity index (χ0v) is 12.7. The molecule has 0 atom stereocenters. The van der Waals surface area contributed by atoms with E-state index in [1.54, 1.807) is 48.5 Å². The van der Waals surface area contributed by atoms with Crippen LogP contribution in [0.2, 0.25) is 0 Å². The smallest absolute Gasteiger partial charge is 0.224 e. The third kappa shape index (κ3) is 4.82. The van der Waals surface area contributed by atoms with Crippen LogP contribution in [0.5, 0.6) is 0 Å². The predicted octanol–water partition coefficient (Wildman–Crippen LogP) is 4.24. The van der Waals surface area contributed by atoms with Crippen molar-refractivity contribution in [1.82, 2.24) is 0 Å². The van der Waals surface area contributed by atoms with E-state index in [1.807, 2.05) is 0 Å². The Morgan fingerprint density at radius 1 is 0.905 bits per heavy atom. The molecule has 0 aromatic heterocycles. The molecule has 112 valence electrons. The molecule has 6 heteroatoms. The fourth-order valence-corrected chi connectivity index (χ4v) is 4.01. The first-order valence-electron chi connectivity index (χ1n) is 6.29. The van der Waals surface area contributed by atoms with Crippen LogP contribution in [-0.2, 0) is 9.84 Å². The minimum absolute atomic E-state index is 0.0745. The molecule has 0 saturated heterocycles. The number of thioether (sulfide) groups is 1. The Bertz CT molecular complexity index is 671. The highest BCUT2D eigenvalue weighted by Gasteiger charge is 2.32. The molecule has 0 aliphatic rings. The Kier molecular flexibility index (Phi) is 5.00. The van der Waals surface area contributed by atoms with Gasteiger partial charge in [0.15, 0.2) is 9.84 Å². The van der Waals surface area contributed by atoms with Crippen LogP contribution in [0, 0.1) is 0 Å². The number of alkyl halides is 2. The van der Waals surface area contributed by atoms with E-state index in [0.29, 0.717) is 16.7 Å². The average molecular weight is 328 g/mol. The molecule has 0 aliphatic heterocycles. The van der Waals surface area contributed by atoms with Gasteiger partial charge in [0.25, 0.3) is 5.25 Å². The number of sulfone groups is 1. The second-order valence-electron chi connectivity index (χ2n) is 4.43. The Labute approximate surface area is 127 Å². The van der Waals surface area contributed by atoms with E-state index < -0.39 is 27.3 Å². The Morgan fingerprint density at radius 2 is 1.43 bits per heavy atom. The van der Waals surface area contributed by atoms with Gasteiger partial charge in [0.2, 0.25) is 0 Å². The van der Waals surface area contributed by atoms with E-state index in [-0.39, 0.29) is 4.90 Å². The van der Waals surface area contributed by atoms with Gasteiger partial charge >= 0.3 is 0 Å². The standard InChI is InChI=1S/C15H14F2O2S2/c16-15(17,20-13-7-3-1-4-8-13)11-12-21(18,19)14-9-5-2-6-10-14/h1-10H,11-12H2. The van der Waals surface area contributed by atoms with Crippen molar-refractivity contribution in [2.45, 2.75) is 21.5 Å². The van der Waals surface area contributed by atoms with E-state index in [1.165, 1.54) is 12.1 Å². The van der Waals surface area contributed by atoms with Crippen molar-refractivity contribution in [3.8, 4) is 0 Å². The number of hydrogen-bond donors (Lipinski definition) is 0. The van der Waals surface area contributed by atoms with Gasteiger partial charge in [0.1, 0.15) is 0 Å². The third-order valence-electron chi connectivity index (χ3n) is 2.77. The summed E-state index contributed by atoms with van der Waals surface area (Å²) in [4.78, 5) is 0.491. The quantitative estimate of drug-likeness (QED) is 0.744. The number of benzene rings is 2. The molecule has 21 heavy (non-hydrogen) atoms. The first-order valence-corrected chi connectivity index (χ1v) is 8.76. The van der Waals surface area contributed by atoms with Gasteiger partial charge in [-0.25, -0.2) is 8.42 Å². The van der Waals surface area contributed by atoms with E-state index in [4.69, 9.17) is 0 Å². The maximum Gasteiger partial charge on any atom is 0.299 e. The Morgan fingerprint density at radius 3 is 2.00 bits per heavy atom. The van der Waals surface area contributed by atoms with E-state index in [2.05, 4.69) is 0 Å². The summed E-state index contributed by atoms with van der Waals surface area (Å²) < 4.78 is 51.7. The summed E-state index contributed by atoms with van der Waals surface area (Å²) in [6, 6.07) is 15.9. The highest BCUT2D eigenvalue weighted by molar-refractivity contribution is 8.00. The molecule has 0 spiro atoms. The van der Waals surface area contributed by atoms with Crippen molar-refractivity contribution in [2.75, 3.05) is 5.75 Å². The molecule has 0 unspecified atom stereocenters. The summed E-state index contributed by atoms with van der Waals surface area (Å²) in [5, 5.41) is -3.12. The second-order valence-corrected chi connectivity index (χ2v) is 7.82. The molecule has 0 bridgehead atoms. The van der Waals surface area contributed by atoms with Gasteiger partial charge in [0.05, 0.1) is 10.6 Å². The van der Waals surface area contributed by atoms with Gasteiger partial charge in [0, 0.05) is 11.3 Å².